The van der Waals surface area contributed by atoms with Crippen LogP contribution in [-0.2, 0) is 33.8 Å². The third-order valence-corrected chi connectivity index (χ3v) is 10.2. The van der Waals surface area contributed by atoms with E-state index in [0.29, 0.717) is 18.6 Å². The molecule has 1 aromatic rings. The van der Waals surface area contributed by atoms with Gasteiger partial charge >= 0.3 is 6.18 Å². The molecule has 1 aromatic carbocycles. The second-order valence-electron chi connectivity index (χ2n) is 5.11. The van der Waals surface area contributed by atoms with Crippen LogP contribution < -0.4 is 0 Å². The van der Waals surface area contributed by atoms with Crippen molar-refractivity contribution in [3.63, 3.8) is 0 Å². The summed E-state index contributed by atoms with van der Waals surface area (Å²) in [6.07, 6.45) is -2.99. The van der Waals surface area contributed by atoms with Gasteiger partial charge < -0.3 is 4.52 Å². The molecule has 0 aromatic heterocycles. The lowest BCUT2D eigenvalue weighted by Crippen LogP contribution is -2.19. The van der Waals surface area contributed by atoms with Gasteiger partial charge in [-0.3, -0.25) is 9.46 Å². The van der Waals surface area contributed by atoms with E-state index in [2.05, 4.69) is 0 Å². The number of benzene rings is 1. The van der Waals surface area contributed by atoms with E-state index in [4.69, 9.17) is 16.3 Å². The number of hydrogen-bond donors (Lipinski definition) is 0. The Morgan fingerprint density at radius 3 is 2.58 bits per heavy atom. The summed E-state index contributed by atoms with van der Waals surface area (Å²) >= 11 is 7.00. The fourth-order valence-electron chi connectivity index (χ4n) is 1.84. The molecule has 0 bridgehead atoms. The van der Waals surface area contributed by atoms with Gasteiger partial charge in [0.15, 0.2) is 0 Å². The van der Waals surface area contributed by atoms with Crippen LogP contribution in [0.4, 0.5) is 13.2 Å². The Hall–Kier alpha value is -0.560. The van der Waals surface area contributed by atoms with Crippen LogP contribution in [0.15, 0.2) is 24.3 Å². The first-order valence-electron chi connectivity index (χ1n) is 7.47. The summed E-state index contributed by atoms with van der Waals surface area (Å²) in [4.78, 5) is 11.6. The quantitative estimate of drug-likeness (QED) is 0.408. The molecule has 2 atom stereocenters. The second-order valence-corrected chi connectivity index (χ2v) is 12.1. The highest BCUT2D eigenvalue weighted by Crippen LogP contribution is 2.64. The predicted octanol–water partition coefficient (Wildman–Crippen LogP) is 5.46. The van der Waals surface area contributed by atoms with Crippen molar-refractivity contribution in [2.24, 2.45) is 0 Å². The summed E-state index contributed by atoms with van der Waals surface area (Å²) < 4.78 is 45.5. The SMILES string of the molecule is CCOP(=S)(SC(C)CC)N(C=O)Cc1cccc(C(F)(F)F)c1. The lowest BCUT2D eigenvalue weighted by atomic mass is 10.1. The molecule has 0 radical (unpaired) electrons. The zero-order valence-corrected chi connectivity index (χ0v) is 16.3. The van der Waals surface area contributed by atoms with Crippen LogP contribution in [0.2, 0.25) is 0 Å². The summed E-state index contributed by atoms with van der Waals surface area (Å²) in [5, 5.41) is 0.186. The maximum atomic E-state index is 12.8. The normalized spacial score (nSPS) is 15.6. The molecule has 24 heavy (non-hydrogen) atoms. The Kier molecular flexibility index (Phi) is 8.26. The minimum absolute atomic E-state index is 0.00582. The fourth-order valence-corrected chi connectivity index (χ4v) is 8.45. The standard InChI is InChI=1S/C15H21F3NO2PS2/c1-4-12(3)24-22(23,21-5-2)19(11-20)10-13-7-6-8-14(9-13)15(16,17)18/h6-9,11-12H,4-5,10H2,1-3H3. The van der Waals surface area contributed by atoms with E-state index in [9.17, 15) is 18.0 Å². The number of rotatable bonds is 9. The maximum absolute atomic E-state index is 12.8. The molecule has 0 heterocycles. The van der Waals surface area contributed by atoms with Crippen molar-refractivity contribution in [3.05, 3.63) is 35.4 Å². The molecule has 1 amide bonds. The molecule has 0 aliphatic rings. The Morgan fingerprint density at radius 1 is 1.42 bits per heavy atom. The van der Waals surface area contributed by atoms with Crippen molar-refractivity contribution in [1.29, 1.82) is 0 Å². The number of alkyl halides is 3. The van der Waals surface area contributed by atoms with Crippen molar-refractivity contribution in [3.8, 4) is 0 Å². The lowest BCUT2D eigenvalue weighted by Gasteiger charge is -2.32. The molecule has 1 rings (SSSR count). The van der Waals surface area contributed by atoms with E-state index >= 15 is 0 Å². The van der Waals surface area contributed by atoms with E-state index in [1.807, 2.05) is 13.8 Å². The molecule has 0 N–H and O–H groups in total. The number of carbonyl (C=O) groups is 1. The smallest absolute Gasteiger partial charge is 0.327 e. The van der Waals surface area contributed by atoms with Crippen molar-refractivity contribution < 1.29 is 22.5 Å². The van der Waals surface area contributed by atoms with Crippen LogP contribution in [0, 0.1) is 0 Å². The summed E-state index contributed by atoms with van der Waals surface area (Å²) in [5.74, 6) is 0. The summed E-state index contributed by atoms with van der Waals surface area (Å²) in [7, 11) is 0. The van der Waals surface area contributed by atoms with Crippen molar-refractivity contribution in [1.82, 2.24) is 4.67 Å². The van der Waals surface area contributed by atoms with Gasteiger partial charge in [-0.25, -0.2) is 0 Å². The van der Waals surface area contributed by atoms with Crippen LogP contribution in [0.3, 0.4) is 0 Å². The molecule has 0 aliphatic carbocycles. The second kappa shape index (κ2) is 9.22. The number of amides is 1. The molecule has 136 valence electrons. The predicted molar refractivity (Wildman–Crippen MR) is 96.3 cm³/mol. The molecular weight excluding hydrogens is 378 g/mol. The minimum atomic E-state index is -4.42. The number of nitrogens with zero attached hydrogens (tertiary/aromatic N) is 1. The molecule has 2 unspecified atom stereocenters. The zero-order valence-electron chi connectivity index (χ0n) is 13.7. The summed E-state index contributed by atoms with van der Waals surface area (Å²) in [6, 6.07) is 4.91. The molecule has 0 saturated carbocycles. The Bertz CT molecular complexity index is 598. The van der Waals surface area contributed by atoms with Gasteiger partial charge in [-0.2, -0.15) is 13.2 Å². The van der Waals surface area contributed by atoms with Crippen molar-refractivity contribution >= 4 is 35.2 Å². The molecule has 9 heteroatoms. The number of halogens is 3. The highest BCUT2D eigenvalue weighted by molar-refractivity contribution is 8.68. The first-order valence-corrected chi connectivity index (χ1v) is 11.6. The zero-order chi connectivity index (χ0) is 18.4. The number of hydrogen-bond acceptors (Lipinski definition) is 4. The minimum Gasteiger partial charge on any atom is -0.327 e. The molecule has 0 fully saturated rings. The Morgan fingerprint density at radius 2 is 2.08 bits per heavy atom. The van der Waals surface area contributed by atoms with E-state index in [0.717, 1.165) is 18.6 Å². The van der Waals surface area contributed by atoms with Gasteiger partial charge in [0.05, 0.1) is 18.7 Å². The third kappa shape index (κ3) is 6.06. The summed E-state index contributed by atoms with van der Waals surface area (Å²) in [6.45, 7) is 6.10. The summed E-state index contributed by atoms with van der Waals surface area (Å²) in [5.41, 5.74) is -3.06. The first-order chi connectivity index (χ1) is 11.2. The molecule has 0 spiro atoms. The van der Waals surface area contributed by atoms with Crippen molar-refractivity contribution in [2.75, 3.05) is 6.61 Å². The van der Waals surface area contributed by atoms with Crippen LogP contribution in [0.25, 0.3) is 0 Å². The topological polar surface area (TPSA) is 29.5 Å². The van der Waals surface area contributed by atoms with E-state index in [1.165, 1.54) is 22.1 Å². The van der Waals surface area contributed by atoms with Gasteiger partial charge in [0.2, 0.25) is 12.0 Å². The van der Waals surface area contributed by atoms with E-state index < -0.39 is 17.4 Å². The molecular formula is C15H21F3NO2PS2. The van der Waals surface area contributed by atoms with Gasteiger partial charge in [-0.05, 0) is 42.8 Å². The first kappa shape index (κ1) is 21.5. The van der Waals surface area contributed by atoms with Gasteiger partial charge in [-0.15, -0.1) is 0 Å². The van der Waals surface area contributed by atoms with Crippen molar-refractivity contribution in [2.45, 2.75) is 45.2 Å². The average Bonchev–Trinajstić information content (AvgIpc) is 2.52. The highest BCUT2D eigenvalue weighted by Gasteiger charge is 2.32. The van der Waals surface area contributed by atoms with E-state index in [1.54, 1.807) is 13.0 Å². The van der Waals surface area contributed by atoms with E-state index in [-0.39, 0.29) is 11.8 Å². The molecule has 0 aliphatic heterocycles. The van der Waals surface area contributed by atoms with Gasteiger partial charge in [0.25, 0.3) is 0 Å². The van der Waals surface area contributed by atoms with Gasteiger partial charge in [-0.1, -0.05) is 37.4 Å². The molecule has 3 nitrogen and oxygen atoms in total. The highest BCUT2D eigenvalue weighted by atomic mass is 32.9. The number of carbonyl (C=O) groups excluding carboxylic acids is 1. The van der Waals surface area contributed by atoms with Crippen LogP contribution in [-0.4, -0.2) is 22.9 Å². The Balaban J connectivity index is 3.07. The maximum Gasteiger partial charge on any atom is 0.416 e. The monoisotopic (exact) mass is 399 g/mol. The van der Waals surface area contributed by atoms with Crippen LogP contribution >= 0.6 is 17.0 Å². The average molecular weight is 399 g/mol. The van der Waals surface area contributed by atoms with Gasteiger partial charge in [0, 0.05) is 5.25 Å². The third-order valence-electron chi connectivity index (χ3n) is 3.22. The molecule has 0 saturated heterocycles. The van der Waals surface area contributed by atoms with Gasteiger partial charge in [0.1, 0.15) is 0 Å². The van der Waals surface area contributed by atoms with Crippen LogP contribution in [0.5, 0.6) is 0 Å². The van der Waals surface area contributed by atoms with Crippen LogP contribution in [0.1, 0.15) is 38.3 Å². The largest absolute Gasteiger partial charge is 0.416 e. The fraction of sp³-hybridized carbons (Fsp3) is 0.533. The lowest BCUT2D eigenvalue weighted by molar-refractivity contribution is -0.137. The Labute approximate surface area is 149 Å².